The molecule has 0 saturated carbocycles. The second-order valence-corrected chi connectivity index (χ2v) is 5.94. The fourth-order valence-corrected chi connectivity index (χ4v) is 3.25. The molecule has 0 amide bonds. The molecular weight excluding hydrogens is 282 g/mol. The molecule has 2 heterocycles. The summed E-state index contributed by atoms with van der Waals surface area (Å²) in [6.45, 7) is 4.19. The molecule has 0 aliphatic rings. The minimum atomic E-state index is 0.110. The highest BCUT2D eigenvalue weighted by molar-refractivity contribution is 7.13. The first kappa shape index (κ1) is 13.8. The van der Waals surface area contributed by atoms with Gasteiger partial charge in [-0.3, -0.25) is 0 Å². The van der Waals surface area contributed by atoms with E-state index in [9.17, 15) is 5.11 Å². The summed E-state index contributed by atoms with van der Waals surface area (Å²) in [5.74, 6) is 0.799. The number of furan rings is 1. The molecule has 3 nitrogen and oxygen atoms in total. The standard InChI is InChI=1S/C17H17NO2S/c1-3-11-6-7-12(9-10(11)2)14-15(19)16(20-17(14)18)13-5-4-8-21-13/h4-9,19H,3,18H2,1-2H3. The lowest BCUT2D eigenvalue weighted by molar-refractivity contribution is 0.467. The van der Waals surface area contributed by atoms with Crippen LogP contribution in [0.2, 0.25) is 0 Å². The van der Waals surface area contributed by atoms with E-state index in [1.54, 1.807) is 0 Å². The largest absolute Gasteiger partial charge is 0.504 e. The lowest BCUT2D eigenvalue weighted by atomic mass is 9.99. The van der Waals surface area contributed by atoms with Crippen molar-refractivity contribution in [2.45, 2.75) is 20.3 Å². The van der Waals surface area contributed by atoms with Crippen LogP contribution in [0.25, 0.3) is 21.8 Å². The summed E-state index contributed by atoms with van der Waals surface area (Å²) in [7, 11) is 0. The Labute approximate surface area is 127 Å². The van der Waals surface area contributed by atoms with Crippen LogP contribution in [0.3, 0.4) is 0 Å². The highest BCUT2D eigenvalue weighted by atomic mass is 32.1. The number of aryl methyl sites for hydroxylation is 2. The van der Waals surface area contributed by atoms with E-state index in [-0.39, 0.29) is 11.6 Å². The first-order valence-electron chi connectivity index (χ1n) is 6.86. The molecule has 0 aliphatic heterocycles. The van der Waals surface area contributed by atoms with Crippen LogP contribution in [0.5, 0.6) is 5.75 Å². The summed E-state index contributed by atoms with van der Waals surface area (Å²) in [5.41, 5.74) is 9.91. The second kappa shape index (κ2) is 5.30. The summed E-state index contributed by atoms with van der Waals surface area (Å²) in [6, 6.07) is 9.90. The zero-order valence-electron chi connectivity index (χ0n) is 12.0. The highest BCUT2D eigenvalue weighted by Gasteiger charge is 2.21. The fraction of sp³-hybridized carbons (Fsp3) is 0.176. The van der Waals surface area contributed by atoms with Gasteiger partial charge in [-0.25, -0.2) is 0 Å². The van der Waals surface area contributed by atoms with Gasteiger partial charge in [-0.15, -0.1) is 11.3 Å². The zero-order valence-corrected chi connectivity index (χ0v) is 12.8. The van der Waals surface area contributed by atoms with Gasteiger partial charge >= 0.3 is 0 Å². The Morgan fingerprint density at radius 1 is 1.29 bits per heavy atom. The molecule has 0 spiro atoms. The van der Waals surface area contributed by atoms with Gasteiger partial charge in [0.25, 0.3) is 0 Å². The monoisotopic (exact) mass is 299 g/mol. The van der Waals surface area contributed by atoms with Crippen molar-refractivity contribution in [2.75, 3.05) is 5.73 Å². The van der Waals surface area contributed by atoms with Crippen molar-refractivity contribution in [3.05, 3.63) is 46.8 Å². The predicted molar refractivity (Wildman–Crippen MR) is 87.6 cm³/mol. The Morgan fingerprint density at radius 3 is 2.71 bits per heavy atom. The van der Waals surface area contributed by atoms with Gasteiger partial charge in [0.1, 0.15) is 0 Å². The Balaban J connectivity index is 2.13. The minimum absolute atomic E-state index is 0.110. The van der Waals surface area contributed by atoms with Crippen molar-refractivity contribution in [1.29, 1.82) is 0 Å². The summed E-state index contributed by atoms with van der Waals surface area (Å²) >= 11 is 1.51. The van der Waals surface area contributed by atoms with Crippen LogP contribution in [0.1, 0.15) is 18.1 Å². The Kier molecular flexibility index (Phi) is 3.47. The van der Waals surface area contributed by atoms with E-state index in [0.29, 0.717) is 11.3 Å². The van der Waals surface area contributed by atoms with Crippen molar-refractivity contribution >= 4 is 17.2 Å². The van der Waals surface area contributed by atoms with Gasteiger partial charge in [0, 0.05) is 0 Å². The number of thiophene rings is 1. The van der Waals surface area contributed by atoms with Gasteiger partial charge in [-0.2, -0.15) is 0 Å². The van der Waals surface area contributed by atoms with Crippen molar-refractivity contribution < 1.29 is 9.52 Å². The molecule has 21 heavy (non-hydrogen) atoms. The first-order chi connectivity index (χ1) is 10.1. The van der Waals surface area contributed by atoms with E-state index < -0.39 is 0 Å². The number of rotatable bonds is 3. The van der Waals surface area contributed by atoms with Gasteiger partial charge in [0.05, 0.1) is 10.4 Å². The van der Waals surface area contributed by atoms with E-state index >= 15 is 0 Å². The Morgan fingerprint density at radius 2 is 2.10 bits per heavy atom. The van der Waals surface area contributed by atoms with Crippen LogP contribution < -0.4 is 5.73 Å². The molecule has 0 saturated heterocycles. The molecular formula is C17H17NO2S. The predicted octanol–water partition coefficient (Wildman–Crippen LogP) is 4.83. The second-order valence-electron chi connectivity index (χ2n) is 4.99. The lowest BCUT2D eigenvalue weighted by Gasteiger charge is -2.06. The van der Waals surface area contributed by atoms with Gasteiger partial charge in [-0.1, -0.05) is 31.2 Å². The van der Waals surface area contributed by atoms with Gasteiger partial charge in [0.15, 0.2) is 11.5 Å². The molecule has 3 aromatic rings. The minimum Gasteiger partial charge on any atom is -0.504 e. The molecule has 3 rings (SSSR count). The zero-order chi connectivity index (χ0) is 15.0. The van der Waals surface area contributed by atoms with E-state index in [2.05, 4.69) is 19.9 Å². The number of anilines is 1. The van der Waals surface area contributed by atoms with Crippen molar-refractivity contribution in [3.8, 4) is 27.5 Å². The molecule has 108 valence electrons. The molecule has 0 unspecified atom stereocenters. The van der Waals surface area contributed by atoms with Crippen LogP contribution in [0.15, 0.2) is 40.1 Å². The van der Waals surface area contributed by atoms with Crippen LogP contribution in [0, 0.1) is 6.92 Å². The third-order valence-corrected chi connectivity index (χ3v) is 4.54. The van der Waals surface area contributed by atoms with Crippen LogP contribution in [-0.2, 0) is 6.42 Å². The fourth-order valence-electron chi connectivity index (χ4n) is 2.54. The Bertz CT molecular complexity index is 772. The SMILES string of the molecule is CCc1ccc(-c2c(N)oc(-c3cccs3)c2O)cc1C. The highest BCUT2D eigenvalue weighted by Crippen LogP contribution is 2.46. The molecule has 0 fully saturated rings. The number of aromatic hydroxyl groups is 1. The van der Waals surface area contributed by atoms with Gasteiger partial charge < -0.3 is 15.3 Å². The third-order valence-electron chi connectivity index (χ3n) is 3.67. The topological polar surface area (TPSA) is 59.4 Å². The van der Waals surface area contributed by atoms with E-state index in [1.807, 2.05) is 29.6 Å². The Hall–Kier alpha value is -2.20. The molecule has 0 atom stereocenters. The normalized spacial score (nSPS) is 11.0. The van der Waals surface area contributed by atoms with Crippen molar-refractivity contribution in [2.24, 2.45) is 0 Å². The lowest BCUT2D eigenvalue weighted by Crippen LogP contribution is -1.89. The summed E-state index contributed by atoms with van der Waals surface area (Å²) in [6.07, 6.45) is 0.986. The maximum absolute atomic E-state index is 10.5. The van der Waals surface area contributed by atoms with Crippen LogP contribution in [0.4, 0.5) is 5.88 Å². The first-order valence-corrected chi connectivity index (χ1v) is 7.74. The number of nitrogens with two attached hydrogens (primary N) is 1. The van der Waals surface area contributed by atoms with Crippen LogP contribution in [-0.4, -0.2) is 5.11 Å². The van der Waals surface area contributed by atoms with E-state index in [0.717, 1.165) is 16.9 Å². The third kappa shape index (κ3) is 2.32. The molecule has 0 bridgehead atoms. The van der Waals surface area contributed by atoms with Crippen molar-refractivity contribution in [3.63, 3.8) is 0 Å². The molecule has 2 aromatic heterocycles. The van der Waals surface area contributed by atoms with Gasteiger partial charge in [-0.05, 0) is 41.5 Å². The number of hydrogen-bond donors (Lipinski definition) is 2. The molecule has 3 N–H and O–H groups in total. The average molecular weight is 299 g/mol. The van der Waals surface area contributed by atoms with E-state index in [4.69, 9.17) is 10.2 Å². The van der Waals surface area contributed by atoms with Crippen molar-refractivity contribution in [1.82, 2.24) is 0 Å². The maximum atomic E-state index is 10.5. The quantitative estimate of drug-likeness (QED) is 0.728. The number of benzene rings is 1. The summed E-state index contributed by atoms with van der Waals surface area (Å²) in [5, 5.41) is 12.4. The molecule has 4 heteroatoms. The maximum Gasteiger partial charge on any atom is 0.202 e. The summed E-state index contributed by atoms with van der Waals surface area (Å²) in [4.78, 5) is 0.868. The average Bonchev–Trinajstić information content (AvgIpc) is 3.07. The van der Waals surface area contributed by atoms with E-state index in [1.165, 1.54) is 22.5 Å². The molecule has 0 aliphatic carbocycles. The summed E-state index contributed by atoms with van der Waals surface area (Å²) < 4.78 is 5.58. The molecule has 0 radical (unpaired) electrons. The number of hydrogen-bond acceptors (Lipinski definition) is 4. The van der Waals surface area contributed by atoms with Crippen LogP contribution >= 0.6 is 11.3 Å². The smallest absolute Gasteiger partial charge is 0.202 e. The number of nitrogen functional groups attached to an aromatic ring is 1. The van der Waals surface area contributed by atoms with Gasteiger partial charge in [0.2, 0.25) is 5.88 Å². The molecule has 1 aromatic carbocycles.